The van der Waals surface area contributed by atoms with Crippen LogP contribution in [0.4, 0.5) is 0 Å². The van der Waals surface area contributed by atoms with Gasteiger partial charge in [0, 0.05) is 6.61 Å². The lowest BCUT2D eigenvalue weighted by molar-refractivity contribution is -0.122. The molecule has 0 radical (unpaired) electrons. The van der Waals surface area contributed by atoms with Crippen LogP contribution in [-0.4, -0.2) is 29.4 Å². The van der Waals surface area contributed by atoms with Gasteiger partial charge in [0.1, 0.15) is 0 Å². The first kappa shape index (κ1) is 14.4. The molecule has 0 spiro atoms. The van der Waals surface area contributed by atoms with Gasteiger partial charge in [-0.2, -0.15) is 12.6 Å². The van der Waals surface area contributed by atoms with Crippen LogP contribution in [0.1, 0.15) is 25.8 Å². The zero-order valence-corrected chi connectivity index (χ0v) is 12.3. The number of thiol groups is 1. The van der Waals surface area contributed by atoms with E-state index in [0.717, 1.165) is 12.0 Å². The van der Waals surface area contributed by atoms with Gasteiger partial charge in [-0.05, 0) is 32.3 Å². The molecular formula is C15H21NO2S. The summed E-state index contributed by atoms with van der Waals surface area (Å²) in [6, 6.07) is 9.94. The minimum atomic E-state index is -0.327. The summed E-state index contributed by atoms with van der Waals surface area (Å²) in [5.74, 6) is -0.0213. The van der Waals surface area contributed by atoms with Crippen molar-refractivity contribution in [3.05, 3.63) is 35.9 Å². The fraction of sp³-hybridized carbons (Fsp3) is 0.533. The van der Waals surface area contributed by atoms with Crippen molar-refractivity contribution >= 4 is 18.5 Å². The van der Waals surface area contributed by atoms with Gasteiger partial charge in [0.2, 0.25) is 5.91 Å². The normalized spacial score (nSPS) is 28.1. The topological polar surface area (TPSA) is 38.3 Å². The first-order valence-corrected chi connectivity index (χ1v) is 7.18. The van der Waals surface area contributed by atoms with E-state index in [1.165, 1.54) is 0 Å². The quantitative estimate of drug-likeness (QED) is 0.829. The van der Waals surface area contributed by atoms with Crippen LogP contribution in [0.5, 0.6) is 0 Å². The van der Waals surface area contributed by atoms with Crippen molar-refractivity contribution in [2.75, 3.05) is 6.61 Å². The van der Waals surface area contributed by atoms with E-state index in [-0.39, 0.29) is 22.8 Å². The highest BCUT2D eigenvalue weighted by molar-refractivity contribution is 7.81. The Kier molecular flexibility index (Phi) is 4.53. The molecule has 0 saturated carbocycles. The molecule has 1 aliphatic rings. The molecule has 4 heteroatoms. The fourth-order valence-electron chi connectivity index (χ4n) is 2.29. The Morgan fingerprint density at radius 3 is 2.79 bits per heavy atom. The molecule has 3 unspecified atom stereocenters. The summed E-state index contributed by atoms with van der Waals surface area (Å²) in [6.07, 6.45) is 1.54. The number of benzene rings is 1. The fourth-order valence-corrected chi connectivity index (χ4v) is 2.57. The highest BCUT2D eigenvalue weighted by Crippen LogP contribution is 2.25. The van der Waals surface area contributed by atoms with Gasteiger partial charge >= 0.3 is 0 Å². The van der Waals surface area contributed by atoms with Gasteiger partial charge in [-0.1, -0.05) is 30.3 Å². The summed E-state index contributed by atoms with van der Waals surface area (Å²) < 4.78 is 5.53. The minimum absolute atomic E-state index is 0.0213. The molecule has 1 aromatic rings. The maximum absolute atomic E-state index is 12.2. The highest BCUT2D eigenvalue weighted by Gasteiger charge is 2.39. The smallest absolute Gasteiger partial charge is 0.233 e. The third kappa shape index (κ3) is 3.51. The number of carbonyl (C=O) groups is 1. The molecule has 1 fully saturated rings. The van der Waals surface area contributed by atoms with Crippen LogP contribution in [0.15, 0.2) is 30.3 Å². The lowest BCUT2D eigenvalue weighted by atomic mass is 9.94. The maximum atomic E-state index is 12.2. The van der Waals surface area contributed by atoms with E-state index < -0.39 is 0 Å². The number of nitrogens with one attached hydrogen (secondary N) is 1. The molecule has 1 saturated heterocycles. The largest absolute Gasteiger partial charge is 0.376 e. The van der Waals surface area contributed by atoms with Crippen LogP contribution in [0.25, 0.3) is 0 Å². The summed E-state index contributed by atoms with van der Waals surface area (Å²) in [7, 11) is 0. The Bertz CT molecular complexity index is 437. The number of carbonyl (C=O) groups excluding carboxylic acids is 1. The van der Waals surface area contributed by atoms with Crippen LogP contribution in [0, 0.1) is 0 Å². The van der Waals surface area contributed by atoms with Gasteiger partial charge in [0.05, 0.1) is 16.9 Å². The Morgan fingerprint density at radius 2 is 2.21 bits per heavy atom. The van der Waals surface area contributed by atoms with Crippen molar-refractivity contribution in [1.29, 1.82) is 0 Å². The molecule has 0 aromatic heterocycles. The van der Waals surface area contributed by atoms with Crippen LogP contribution < -0.4 is 5.32 Å². The Hall–Kier alpha value is -1.00. The Balaban J connectivity index is 1.93. The maximum Gasteiger partial charge on any atom is 0.233 e. The number of ether oxygens (including phenoxy) is 1. The van der Waals surface area contributed by atoms with Gasteiger partial charge in [-0.25, -0.2) is 0 Å². The Morgan fingerprint density at radius 1 is 1.53 bits per heavy atom. The molecule has 104 valence electrons. The molecule has 2 rings (SSSR count). The van der Waals surface area contributed by atoms with Crippen molar-refractivity contribution in [1.82, 2.24) is 5.32 Å². The van der Waals surface area contributed by atoms with Gasteiger partial charge in [-0.3, -0.25) is 4.79 Å². The lowest BCUT2D eigenvalue weighted by Gasteiger charge is -2.30. The van der Waals surface area contributed by atoms with E-state index >= 15 is 0 Å². The number of rotatable bonds is 4. The van der Waals surface area contributed by atoms with E-state index in [0.29, 0.717) is 13.0 Å². The van der Waals surface area contributed by atoms with Gasteiger partial charge in [-0.15, -0.1) is 0 Å². The molecule has 0 bridgehead atoms. The van der Waals surface area contributed by atoms with Crippen molar-refractivity contribution < 1.29 is 9.53 Å². The SMILES string of the molecule is CC1OCCC1(C)NC(=O)C(S)Cc1ccccc1. The van der Waals surface area contributed by atoms with Gasteiger partial charge < -0.3 is 10.1 Å². The van der Waals surface area contributed by atoms with E-state index in [9.17, 15) is 4.79 Å². The average Bonchev–Trinajstić information content (AvgIpc) is 2.70. The average molecular weight is 279 g/mol. The van der Waals surface area contributed by atoms with E-state index in [1.807, 2.05) is 44.2 Å². The molecule has 1 aromatic carbocycles. The van der Waals surface area contributed by atoms with Gasteiger partial charge in [0.15, 0.2) is 0 Å². The predicted octanol–water partition coefficient (Wildman–Crippen LogP) is 2.21. The van der Waals surface area contributed by atoms with Crippen molar-refractivity contribution in [2.24, 2.45) is 0 Å². The second kappa shape index (κ2) is 5.97. The number of hydrogen-bond donors (Lipinski definition) is 2. The molecule has 1 heterocycles. The summed E-state index contributed by atoms with van der Waals surface area (Å²) in [4.78, 5) is 12.2. The first-order valence-electron chi connectivity index (χ1n) is 6.67. The number of amides is 1. The van der Waals surface area contributed by atoms with Crippen LogP contribution in [-0.2, 0) is 16.0 Å². The first-order chi connectivity index (χ1) is 9.01. The molecule has 3 nitrogen and oxygen atoms in total. The van der Waals surface area contributed by atoms with Crippen LogP contribution >= 0.6 is 12.6 Å². The van der Waals surface area contributed by atoms with Crippen molar-refractivity contribution in [3.63, 3.8) is 0 Å². The summed E-state index contributed by atoms with van der Waals surface area (Å²) in [5.41, 5.74) is 0.855. The lowest BCUT2D eigenvalue weighted by Crippen LogP contribution is -2.53. The third-order valence-electron chi connectivity index (χ3n) is 3.87. The van der Waals surface area contributed by atoms with Gasteiger partial charge in [0.25, 0.3) is 0 Å². The second-order valence-electron chi connectivity index (χ2n) is 5.38. The Labute approximate surface area is 120 Å². The second-order valence-corrected chi connectivity index (χ2v) is 6.00. The van der Waals surface area contributed by atoms with Crippen molar-refractivity contribution in [3.8, 4) is 0 Å². The minimum Gasteiger partial charge on any atom is -0.376 e. The van der Waals surface area contributed by atoms with E-state index in [1.54, 1.807) is 0 Å². The zero-order valence-electron chi connectivity index (χ0n) is 11.4. The molecule has 1 aliphatic heterocycles. The molecular weight excluding hydrogens is 258 g/mol. The predicted molar refractivity (Wildman–Crippen MR) is 79.5 cm³/mol. The van der Waals surface area contributed by atoms with Crippen LogP contribution in [0.3, 0.4) is 0 Å². The highest BCUT2D eigenvalue weighted by atomic mass is 32.1. The molecule has 3 atom stereocenters. The molecule has 0 aliphatic carbocycles. The molecule has 1 amide bonds. The monoisotopic (exact) mass is 279 g/mol. The van der Waals surface area contributed by atoms with E-state index in [4.69, 9.17) is 4.74 Å². The standard InChI is InChI=1S/C15H21NO2S/c1-11-15(2,8-9-18-11)16-14(17)13(19)10-12-6-4-3-5-7-12/h3-7,11,13,19H,8-10H2,1-2H3,(H,16,17). The van der Waals surface area contributed by atoms with Crippen molar-refractivity contribution in [2.45, 2.75) is 43.6 Å². The van der Waals surface area contributed by atoms with E-state index in [2.05, 4.69) is 17.9 Å². The number of hydrogen-bond acceptors (Lipinski definition) is 3. The molecule has 19 heavy (non-hydrogen) atoms. The van der Waals surface area contributed by atoms with Crippen LogP contribution in [0.2, 0.25) is 0 Å². The summed E-state index contributed by atoms with van der Waals surface area (Å²) >= 11 is 4.42. The third-order valence-corrected chi connectivity index (χ3v) is 4.29. The zero-order chi connectivity index (χ0) is 13.9. The summed E-state index contributed by atoms with van der Waals surface area (Å²) in [6.45, 7) is 4.73. The summed E-state index contributed by atoms with van der Waals surface area (Å²) in [5, 5.41) is 2.76. The molecule has 1 N–H and O–H groups in total.